The molecule has 0 aliphatic rings. The summed E-state index contributed by atoms with van der Waals surface area (Å²) in [7, 11) is 0. The number of benzene rings is 1. The van der Waals surface area contributed by atoms with Crippen molar-refractivity contribution in [1.82, 2.24) is 4.98 Å². The molecular formula is C15H19NO2. The minimum absolute atomic E-state index is 0.0828. The van der Waals surface area contributed by atoms with Crippen LogP contribution in [0.3, 0.4) is 0 Å². The second-order valence-electron chi connectivity index (χ2n) is 4.73. The predicted octanol–water partition coefficient (Wildman–Crippen LogP) is 3.86. The smallest absolute Gasteiger partial charge is 0.162 e. The first-order chi connectivity index (χ1) is 8.52. The number of ketones is 1. The van der Waals surface area contributed by atoms with E-state index in [1.807, 2.05) is 32.0 Å². The third-order valence-corrected chi connectivity index (χ3v) is 3.22. The van der Waals surface area contributed by atoms with Gasteiger partial charge in [0.15, 0.2) is 5.78 Å². The van der Waals surface area contributed by atoms with E-state index in [-0.39, 0.29) is 11.9 Å². The standard InChI is InChI=1S/C15H19NO2/c1-5-9(2)18-12-6-7-14-13(8-12)15(11(4)17)10(3)16-14/h6-9,16H,5H2,1-4H3/t9-/m0/s1. The fourth-order valence-electron chi connectivity index (χ4n) is 2.15. The average Bonchev–Trinajstić information content (AvgIpc) is 2.64. The van der Waals surface area contributed by atoms with Gasteiger partial charge in [-0.2, -0.15) is 0 Å². The number of carbonyl (C=O) groups excluding carboxylic acids is 1. The van der Waals surface area contributed by atoms with Crippen LogP contribution >= 0.6 is 0 Å². The zero-order valence-electron chi connectivity index (χ0n) is 11.3. The zero-order chi connectivity index (χ0) is 13.3. The van der Waals surface area contributed by atoms with Gasteiger partial charge in [0.1, 0.15) is 5.75 Å². The van der Waals surface area contributed by atoms with E-state index in [0.717, 1.165) is 34.3 Å². The van der Waals surface area contributed by atoms with Crippen molar-refractivity contribution in [2.75, 3.05) is 0 Å². The summed E-state index contributed by atoms with van der Waals surface area (Å²) in [6, 6.07) is 5.85. The van der Waals surface area contributed by atoms with Gasteiger partial charge in [0, 0.05) is 22.2 Å². The molecule has 0 saturated heterocycles. The molecule has 0 bridgehead atoms. The lowest BCUT2D eigenvalue weighted by molar-refractivity contribution is 0.101. The molecule has 0 spiro atoms. The van der Waals surface area contributed by atoms with E-state index in [4.69, 9.17) is 4.74 Å². The largest absolute Gasteiger partial charge is 0.491 e. The van der Waals surface area contributed by atoms with Gasteiger partial charge in [-0.05, 0) is 45.4 Å². The van der Waals surface area contributed by atoms with Crippen LogP contribution in [0.15, 0.2) is 18.2 Å². The third kappa shape index (κ3) is 2.26. The van der Waals surface area contributed by atoms with Crippen molar-refractivity contribution in [3.63, 3.8) is 0 Å². The molecule has 96 valence electrons. The van der Waals surface area contributed by atoms with Crippen molar-refractivity contribution >= 4 is 16.7 Å². The summed E-state index contributed by atoms with van der Waals surface area (Å²) in [5.74, 6) is 0.901. The van der Waals surface area contributed by atoms with Crippen LogP contribution in [0.1, 0.15) is 43.2 Å². The number of ether oxygens (including phenoxy) is 1. The Morgan fingerprint density at radius 3 is 2.78 bits per heavy atom. The van der Waals surface area contributed by atoms with Gasteiger partial charge in [0.05, 0.1) is 6.10 Å². The minimum Gasteiger partial charge on any atom is -0.491 e. The summed E-state index contributed by atoms with van der Waals surface area (Å²) in [6.45, 7) is 7.65. The lowest BCUT2D eigenvalue weighted by atomic mass is 10.1. The van der Waals surface area contributed by atoms with Crippen molar-refractivity contribution in [3.05, 3.63) is 29.5 Å². The number of fused-ring (bicyclic) bond motifs is 1. The van der Waals surface area contributed by atoms with Crippen molar-refractivity contribution in [1.29, 1.82) is 0 Å². The molecule has 0 radical (unpaired) electrons. The van der Waals surface area contributed by atoms with Crippen molar-refractivity contribution in [2.45, 2.75) is 40.2 Å². The van der Waals surface area contributed by atoms with E-state index >= 15 is 0 Å². The van der Waals surface area contributed by atoms with Crippen LogP contribution in [0.2, 0.25) is 0 Å². The number of aryl methyl sites for hydroxylation is 1. The van der Waals surface area contributed by atoms with E-state index in [1.165, 1.54) is 0 Å². The maximum Gasteiger partial charge on any atom is 0.162 e. The monoisotopic (exact) mass is 245 g/mol. The number of nitrogens with one attached hydrogen (secondary N) is 1. The summed E-state index contributed by atoms with van der Waals surface area (Å²) in [4.78, 5) is 14.9. The number of rotatable bonds is 4. The van der Waals surface area contributed by atoms with Gasteiger partial charge in [-0.15, -0.1) is 0 Å². The van der Waals surface area contributed by atoms with Crippen LogP contribution in [-0.2, 0) is 0 Å². The van der Waals surface area contributed by atoms with E-state index in [9.17, 15) is 4.79 Å². The molecule has 1 heterocycles. The fraction of sp³-hybridized carbons (Fsp3) is 0.400. The fourth-order valence-corrected chi connectivity index (χ4v) is 2.15. The van der Waals surface area contributed by atoms with Crippen LogP contribution in [0.25, 0.3) is 10.9 Å². The second-order valence-corrected chi connectivity index (χ2v) is 4.73. The molecule has 2 rings (SSSR count). The van der Waals surface area contributed by atoms with Crippen LogP contribution in [0.4, 0.5) is 0 Å². The van der Waals surface area contributed by atoms with E-state index in [2.05, 4.69) is 11.9 Å². The molecule has 0 aliphatic heterocycles. The first-order valence-electron chi connectivity index (χ1n) is 6.32. The Morgan fingerprint density at radius 1 is 1.44 bits per heavy atom. The maximum atomic E-state index is 11.7. The first kappa shape index (κ1) is 12.7. The van der Waals surface area contributed by atoms with Gasteiger partial charge in [-0.25, -0.2) is 0 Å². The van der Waals surface area contributed by atoms with Gasteiger partial charge in [0.2, 0.25) is 0 Å². The number of aromatic nitrogens is 1. The summed E-state index contributed by atoms with van der Waals surface area (Å²) in [5.41, 5.74) is 2.66. The number of aromatic amines is 1. The van der Waals surface area contributed by atoms with E-state index < -0.39 is 0 Å². The zero-order valence-corrected chi connectivity index (χ0v) is 11.3. The molecule has 1 aromatic carbocycles. The topological polar surface area (TPSA) is 42.1 Å². The average molecular weight is 245 g/mol. The Kier molecular flexibility index (Phi) is 3.41. The molecule has 0 aliphatic carbocycles. The highest BCUT2D eigenvalue weighted by Crippen LogP contribution is 2.27. The summed E-state index contributed by atoms with van der Waals surface area (Å²) in [5, 5.41) is 0.945. The molecule has 0 amide bonds. The molecule has 0 unspecified atom stereocenters. The predicted molar refractivity (Wildman–Crippen MR) is 73.4 cm³/mol. The highest BCUT2D eigenvalue weighted by atomic mass is 16.5. The Labute approximate surface area is 107 Å². The van der Waals surface area contributed by atoms with E-state index in [0.29, 0.717) is 0 Å². The Morgan fingerprint density at radius 2 is 2.17 bits per heavy atom. The maximum absolute atomic E-state index is 11.7. The number of hydrogen-bond acceptors (Lipinski definition) is 2. The Hall–Kier alpha value is -1.77. The van der Waals surface area contributed by atoms with Crippen molar-refractivity contribution in [3.8, 4) is 5.75 Å². The Balaban J connectivity index is 2.49. The molecule has 18 heavy (non-hydrogen) atoms. The molecule has 3 heteroatoms. The molecule has 1 atom stereocenters. The van der Waals surface area contributed by atoms with Gasteiger partial charge in [-0.1, -0.05) is 6.92 Å². The van der Waals surface area contributed by atoms with Gasteiger partial charge >= 0.3 is 0 Å². The normalized spacial score (nSPS) is 12.7. The van der Waals surface area contributed by atoms with Crippen LogP contribution < -0.4 is 4.74 Å². The number of hydrogen-bond donors (Lipinski definition) is 1. The summed E-state index contributed by atoms with van der Waals surface area (Å²) >= 11 is 0. The Bertz CT molecular complexity index is 583. The van der Waals surface area contributed by atoms with Crippen LogP contribution in [0.5, 0.6) is 5.75 Å². The third-order valence-electron chi connectivity index (χ3n) is 3.22. The van der Waals surface area contributed by atoms with Crippen LogP contribution in [0, 0.1) is 6.92 Å². The molecule has 1 N–H and O–H groups in total. The number of carbonyl (C=O) groups is 1. The second kappa shape index (κ2) is 4.84. The van der Waals surface area contributed by atoms with Crippen molar-refractivity contribution < 1.29 is 9.53 Å². The molecule has 0 fully saturated rings. The minimum atomic E-state index is 0.0828. The highest BCUT2D eigenvalue weighted by molar-refractivity contribution is 6.08. The first-order valence-corrected chi connectivity index (χ1v) is 6.32. The molecular weight excluding hydrogens is 226 g/mol. The number of H-pyrrole nitrogens is 1. The molecule has 0 saturated carbocycles. The lowest BCUT2D eigenvalue weighted by Gasteiger charge is -2.12. The lowest BCUT2D eigenvalue weighted by Crippen LogP contribution is -2.09. The van der Waals surface area contributed by atoms with Crippen LogP contribution in [-0.4, -0.2) is 16.9 Å². The van der Waals surface area contributed by atoms with Gasteiger partial charge in [0.25, 0.3) is 0 Å². The van der Waals surface area contributed by atoms with Crippen molar-refractivity contribution in [2.24, 2.45) is 0 Å². The quantitative estimate of drug-likeness (QED) is 0.831. The van der Waals surface area contributed by atoms with Gasteiger partial charge in [-0.3, -0.25) is 4.79 Å². The summed E-state index contributed by atoms with van der Waals surface area (Å²) in [6.07, 6.45) is 1.15. The summed E-state index contributed by atoms with van der Waals surface area (Å²) < 4.78 is 5.79. The molecule has 2 aromatic rings. The molecule has 3 nitrogen and oxygen atoms in total. The van der Waals surface area contributed by atoms with E-state index in [1.54, 1.807) is 6.92 Å². The van der Waals surface area contributed by atoms with Gasteiger partial charge < -0.3 is 9.72 Å². The highest BCUT2D eigenvalue weighted by Gasteiger charge is 2.13. The molecule has 1 aromatic heterocycles. The number of Topliss-reactive ketones (excluding diaryl/α,β-unsaturated/α-hetero) is 1. The SMILES string of the molecule is CC[C@H](C)Oc1ccc2[nH]c(C)c(C(C)=O)c2c1.